The fraction of sp³-hybridized carbons (Fsp3) is 0.632. The van der Waals surface area contributed by atoms with Crippen molar-refractivity contribution in [2.24, 2.45) is 0 Å². The Hall–Kier alpha value is -2.13. The van der Waals surface area contributed by atoms with E-state index in [0.717, 1.165) is 19.3 Å². The predicted octanol–water partition coefficient (Wildman–Crippen LogP) is 3.09. The highest BCUT2D eigenvalue weighted by Gasteiger charge is 2.49. The molecule has 0 aromatic carbocycles. The minimum absolute atomic E-state index is 0.0695. The molecule has 1 amide bonds. The molecular weight excluding hydrogens is 318 g/mol. The van der Waals surface area contributed by atoms with Crippen molar-refractivity contribution < 1.29 is 14.6 Å². The second-order valence-corrected chi connectivity index (χ2v) is 8.09. The number of carbonyl (C=O) groups excluding carboxylic acids is 1. The first-order valence-corrected chi connectivity index (χ1v) is 8.83. The Bertz CT molecular complexity index is 691. The van der Waals surface area contributed by atoms with Gasteiger partial charge in [-0.05, 0) is 52.2 Å². The van der Waals surface area contributed by atoms with Crippen LogP contribution in [-0.2, 0) is 10.3 Å². The number of fused-ring (bicyclic) bond motifs is 2. The Morgan fingerprint density at radius 1 is 1.36 bits per heavy atom. The number of nitrogens with zero attached hydrogens (tertiary/aromatic N) is 3. The van der Waals surface area contributed by atoms with Gasteiger partial charge in [0.05, 0.1) is 5.69 Å². The number of hydrogen-bond donors (Lipinski definition) is 1. The van der Waals surface area contributed by atoms with Crippen LogP contribution in [0.1, 0.15) is 64.3 Å². The summed E-state index contributed by atoms with van der Waals surface area (Å²) in [5, 5.41) is 20.3. The van der Waals surface area contributed by atoms with E-state index in [0.29, 0.717) is 24.2 Å². The third-order valence-corrected chi connectivity index (χ3v) is 4.95. The maximum absolute atomic E-state index is 12.6. The molecule has 134 valence electrons. The number of hydrogen-bond acceptors (Lipinski definition) is 5. The third-order valence-electron chi connectivity index (χ3n) is 4.95. The minimum atomic E-state index is -1.11. The van der Waals surface area contributed by atoms with Crippen LogP contribution in [0.25, 0.3) is 0 Å². The largest absolute Gasteiger partial charge is 0.444 e. The number of ether oxygens (including phenoxy) is 1. The molecule has 1 N–H and O–H groups in total. The summed E-state index contributed by atoms with van der Waals surface area (Å²) in [5.74, 6) is 0. The second-order valence-electron chi connectivity index (χ2n) is 8.09. The summed E-state index contributed by atoms with van der Waals surface area (Å²) in [6.45, 7) is 5.58. The van der Waals surface area contributed by atoms with Crippen LogP contribution in [0.2, 0.25) is 0 Å². The first-order chi connectivity index (χ1) is 11.7. The quantitative estimate of drug-likeness (QED) is 0.847. The van der Waals surface area contributed by atoms with Gasteiger partial charge in [-0.1, -0.05) is 6.07 Å². The van der Waals surface area contributed by atoms with Crippen LogP contribution in [0.4, 0.5) is 4.79 Å². The van der Waals surface area contributed by atoms with E-state index in [1.807, 2.05) is 31.7 Å². The van der Waals surface area contributed by atoms with Gasteiger partial charge in [-0.2, -0.15) is 5.26 Å². The lowest BCUT2D eigenvalue weighted by Gasteiger charge is -2.51. The van der Waals surface area contributed by atoms with Crippen LogP contribution in [0.3, 0.4) is 0 Å². The van der Waals surface area contributed by atoms with Gasteiger partial charge >= 0.3 is 6.09 Å². The summed E-state index contributed by atoms with van der Waals surface area (Å²) in [6.07, 6.45) is 3.26. The first kappa shape index (κ1) is 17.7. The molecular formula is C19H25N3O3. The van der Waals surface area contributed by atoms with Crippen molar-refractivity contribution in [3.63, 3.8) is 0 Å². The molecule has 2 fully saturated rings. The van der Waals surface area contributed by atoms with E-state index in [2.05, 4.69) is 4.98 Å². The van der Waals surface area contributed by atoms with Gasteiger partial charge in [-0.3, -0.25) is 0 Å². The SMILES string of the molecule is CC(C)(C)OC(=O)N1C2CCCC1CC(O)(c1cccc(C#N)n1)C2. The summed E-state index contributed by atoms with van der Waals surface area (Å²) >= 11 is 0. The van der Waals surface area contributed by atoms with Crippen LogP contribution in [0.15, 0.2) is 18.2 Å². The fourth-order valence-electron chi connectivity index (χ4n) is 4.01. The molecule has 2 bridgehead atoms. The number of amides is 1. The highest BCUT2D eigenvalue weighted by Crippen LogP contribution is 2.44. The zero-order valence-electron chi connectivity index (χ0n) is 15.0. The van der Waals surface area contributed by atoms with Gasteiger partial charge in [0, 0.05) is 24.9 Å². The minimum Gasteiger partial charge on any atom is -0.444 e. The molecule has 2 aliphatic rings. The summed E-state index contributed by atoms with van der Waals surface area (Å²) < 4.78 is 5.57. The molecule has 25 heavy (non-hydrogen) atoms. The Morgan fingerprint density at radius 2 is 2.00 bits per heavy atom. The van der Waals surface area contributed by atoms with Crippen molar-refractivity contribution in [3.05, 3.63) is 29.6 Å². The summed E-state index contributed by atoms with van der Waals surface area (Å²) in [7, 11) is 0. The van der Waals surface area contributed by atoms with Crippen molar-refractivity contribution >= 4 is 6.09 Å². The van der Waals surface area contributed by atoms with E-state index >= 15 is 0 Å². The average Bonchev–Trinajstić information content (AvgIpc) is 2.52. The van der Waals surface area contributed by atoms with Crippen molar-refractivity contribution in [1.82, 2.24) is 9.88 Å². The smallest absolute Gasteiger partial charge is 0.410 e. The second kappa shape index (κ2) is 6.30. The number of nitriles is 1. The average molecular weight is 343 g/mol. The van der Waals surface area contributed by atoms with Crippen LogP contribution >= 0.6 is 0 Å². The van der Waals surface area contributed by atoms with Crippen molar-refractivity contribution in [2.45, 2.75) is 76.2 Å². The van der Waals surface area contributed by atoms with Gasteiger partial charge in [-0.25, -0.2) is 9.78 Å². The van der Waals surface area contributed by atoms with Crippen molar-refractivity contribution in [3.8, 4) is 6.07 Å². The van der Waals surface area contributed by atoms with Crippen LogP contribution in [0.5, 0.6) is 0 Å². The number of aliphatic hydroxyl groups is 1. The molecule has 0 radical (unpaired) electrons. The van der Waals surface area contributed by atoms with Crippen LogP contribution < -0.4 is 0 Å². The first-order valence-electron chi connectivity index (χ1n) is 8.83. The number of rotatable bonds is 1. The molecule has 2 aliphatic heterocycles. The molecule has 1 aromatic heterocycles. The zero-order valence-corrected chi connectivity index (χ0v) is 15.0. The maximum Gasteiger partial charge on any atom is 0.410 e. The molecule has 1 aromatic rings. The van der Waals surface area contributed by atoms with Crippen molar-refractivity contribution in [1.29, 1.82) is 5.26 Å². The summed E-state index contributed by atoms with van der Waals surface area (Å²) in [5.41, 5.74) is -0.832. The third kappa shape index (κ3) is 3.62. The van der Waals surface area contributed by atoms with Crippen LogP contribution in [-0.4, -0.2) is 38.8 Å². The van der Waals surface area contributed by atoms with E-state index in [4.69, 9.17) is 10.00 Å². The van der Waals surface area contributed by atoms with Crippen LogP contribution in [0, 0.1) is 11.3 Å². The Kier molecular flexibility index (Phi) is 4.46. The molecule has 6 nitrogen and oxygen atoms in total. The van der Waals surface area contributed by atoms with E-state index in [1.54, 1.807) is 18.2 Å². The molecule has 3 heterocycles. The number of pyridine rings is 1. The van der Waals surface area contributed by atoms with E-state index in [9.17, 15) is 9.90 Å². The number of carbonyl (C=O) groups is 1. The molecule has 0 spiro atoms. The lowest BCUT2D eigenvalue weighted by molar-refractivity contribution is -0.0984. The summed E-state index contributed by atoms with van der Waals surface area (Å²) in [4.78, 5) is 18.8. The molecule has 0 saturated carbocycles. The van der Waals surface area contributed by atoms with Crippen molar-refractivity contribution in [2.75, 3.05) is 0 Å². The fourth-order valence-corrected chi connectivity index (χ4v) is 4.01. The number of piperidine rings is 2. The van der Waals surface area contributed by atoms with Gasteiger partial charge in [0.15, 0.2) is 0 Å². The highest BCUT2D eigenvalue weighted by molar-refractivity contribution is 5.69. The molecule has 2 atom stereocenters. The van der Waals surface area contributed by atoms with Gasteiger partial charge in [0.1, 0.15) is 23.0 Å². The zero-order chi connectivity index (χ0) is 18.2. The monoisotopic (exact) mass is 343 g/mol. The Morgan fingerprint density at radius 3 is 2.56 bits per heavy atom. The van der Waals surface area contributed by atoms with E-state index < -0.39 is 11.2 Å². The Labute approximate surface area is 148 Å². The lowest BCUT2D eigenvalue weighted by atomic mass is 9.74. The lowest BCUT2D eigenvalue weighted by Crippen LogP contribution is -2.59. The van der Waals surface area contributed by atoms with E-state index in [-0.39, 0.29) is 18.2 Å². The molecule has 0 aliphatic carbocycles. The maximum atomic E-state index is 12.6. The normalized spacial score (nSPS) is 29.0. The summed E-state index contributed by atoms with van der Waals surface area (Å²) in [6, 6.07) is 7.02. The standard InChI is InChI=1S/C19H25N3O3/c1-18(2,3)25-17(23)22-14-7-5-8-15(22)11-19(24,10-14)16-9-4-6-13(12-20)21-16/h4,6,9,14-15,24H,5,7-8,10-11H2,1-3H3. The highest BCUT2D eigenvalue weighted by atomic mass is 16.6. The molecule has 2 unspecified atom stereocenters. The number of aromatic nitrogens is 1. The molecule has 3 rings (SSSR count). The van der Waals surface area contributed by atoms with E-state index in [1.165, 1.54) is 0 Å². The topological polar surface area (TPSA) is 86.5 Å². The predicted molar refractivity (Wildman–Crippen MR) is 91.6 cm³/mol. The van der Waals surface area contributed by atoms with Gasteiger partial charge < -0.3 is 14.7 Å². The molecule has 6 heteroatoms. The van der Waals surface area contributed by atoms with Gasteiger partial charge in [0.2, 0.25) is 0 Å². The Balaban J connectivity index is 1.85. The van der Waals surface area contributed by atoms with Gasteiger partial charge in [-0.15, -0.1) is 0 Å². The van der Waals surface area contributed by atoms with Gasteiger partial charge in [0.25, 0.3) is 0 Å². The molecule has 2 saturated heterocycles.